The first-order chi connectivity index (χ1) is 19.1. The minimum absolute atomic E-state index is 0.0145. The number of rotatable bonds is 6. The molecule has 1 aromatic rings. The summed E-state index contributed by atoms with van der Waals surface area (Å²) in [6.45, 7) is 13.7. The van der Waals surface area contributed by atoms with Crippen LogP contribution in [0.15, 0.2) is 29.8 Å². The number of nitrogens with one attached hydrogen (secondary N) is 1. The second-order valence-corrected chi connectivity index (χ2v) is 14.3. The van der Waals surface area contributed by atoms with Crippen molar-refractivity contribution in [3.05, 3.63) is 46.5 Å². The van der Waals surface area contributed by atoms with E-state index in [0.29, 0.717) is 50.9 Å². The highest BCUT2D eigenvalue weighted by Crippen LogP contribution is 2.59. The van der Waals surface area contributed by atoms with E-state index in [9.17, 15) is 19.5 Å². The van der Waals surface area contributed by atoms with Crippen LogP contribution in [0.3, 0.4) is 0 Å². The molecule has 7 rings (SSSR count). The van der Waals surface area contributed by atoms with Crippen molar-refractivity contribution in [3.8, 4) is 0 Å². The Bertz CT molecular complexity index is 1250. The maximum Gasteiger partial charge on any atom is 0.410 e. The van der Waals surface area contributed by atoms with E-state index in [4.69, 9.17) is 4.74 Å². The van der Waals surface area contributed by atoms with E-state index < -0.39 is 16.6 Å². The number of ether oxygens (including phenoxy) is 1. The van der Waals surface area contributed by atoms with Gasteiger partial charge in [0.05, 0.1) is 17.1 Å². The van der Waals surface area contributed by atoms with Crippen molar-refractivity contribution < 1.29 is 24.2 Å². The van der Waals surface area contributed by atoms with Crippen LogP contribution in [0.4, 0.5) is 4.79 Å². The van der Waals surface area contributed by atoms with E-state index in [-0.39, 0.29) is 23.9 Å². The highest BCUT2D eigenvalue weighted by molar-refractivity contribution is 5.88. The molecule has 2 N–H and O–H groups in total. The summed E-state index contributed by atoms with van der Waals surface area (Å²) in [6.07, 6.45) is 6.16. The molecule has 4 bridgehead atoms. The van der Waals surface area contributed by atoms with Crippen molar-refractivity contribution in [2.45, 2.75) is 103 Å². The number of aliphatic hydroxyl groups is 1. The van der Waals surface area contributed by atoms with E-state index in [1.165, 1.54) is 0 Å². The SMILES string of the molecule is Cc1cc(CCC(=O)N2CCCN(C(=O)OC(C)(C)C)CC2)cc(C(C)(C)C(=O)N[C@H]2C=C3C4C[C@H]2C[C@]3(O)C4)c1. The Labute approximate surface area is 244 Å². The van der Waals surface area contributed by atoms with Crippen LogP contribution in [0.1, 0.15) is 83.4 Å². The summed E-state index contributed by atoms with van der Waals surface area (Å²) in [7, 11) is 0. The fraction of sp³-hybridized carbons (Fsp3) is 0.667. The molecule has 6 aliphatic rings. The minimum Gasteiger partial charge on any atom is -0.444 e. The van der Waals surface area contributed by atoms with Crippen molar-refractivity contribution in [1.82, 2.24) is 15.1 Å². The molecule has 0 spiro atoms. The van der Waals surface area contributed by atoms with Gasteiger partial charge in [0.1, 0.15) is 5.60 Å². The van der Waals surface area contributed by atoms with Crippen molar-refractivity contribution in [1.29, 1.82) is 0 Å². The highest BCUT2D eigenvalue weighted by atomic mass is 16.6. The summed E-state index contributed by atoms with van der Waals surface area (Å²) < 4.78 is 5.51. The lowest BCUT2D eigenvalue weighted by Gasteiger charge is -2.59. The zero-order valence-electron chi connectivity index (χ0n) is 25.6. The van der Waals surface area contributed by atoms with Gasteiger partial charge in [-0.25, -0.2) is 4.79 Å². The molecule has 224 valence electrons. The smallest absolute Gasteiger partial charge is 0.410 e. The molecular weight excluding hydrogens is 518 g/mol. The molecule has 5 aliphatic carbocycles. The van der Waals surface area contributed by atoms with Gasteiger partial charge in [0.25, 0.3) is 0 Å². The maximum absolute atomic E-state index is 13.6. The monoisotopic (exact) mass is 565 g/mol. The van der Waals surface area contributed by atoms with Crippen LogP contribution >= 0.6 is 0 Å². The van der Waals surface area contributed by atoms with E-state index in [2.05, 4.69) is 29.6 Å². The van der Waals surface area contributed by atoms with Crippen molar-refractivity contribution in [2.75, 3.05) is 26.2 Å². The average Bonchev–Trinajstić information content (AvgIpc) is 3.14. The van der Waals surface area contributed by atoms with Crippen LogP contribution < -0.4 is 5.32 Å². The standard InChI is InChI=1S/C33H47N3O5/c1-21-14-22(8-9-28(37)35-10-7-11-36(13-12-35)30(39)41-31(2,3)4)16-25(15-21)32(5,6)29(38)34-27-18-26-23-17-24(27)20-33(26,40)19-23/h14-16,18,23-24,27,40H,7-13,17,19-20H2,1-6H3,(H,34,38)/t23?,24-,27-,33+/m0/s1. The molecule has 41 heavy (non-hydrogen) atoms. The molecule has 3 amide bonds. The number of hydrogen-bond acceptors (Lipinski definition) is 5. The Hall–Kier alpha value is -2.87. The number of amides is 3. The molecule has 3 saturated carbocycles. The van der Waals surface area contributed by atoms with Gasteiger partial charge in [0.15, 0.2) is 0 Å². The quantitative estimate of drug-likeness (QED) is 0.503. The molecular formula is C33H47N3O5. The third kappa shape index (κ3) is 6.18. The molecule has 1 heterocycles. The molecule has 0 aromatic heterocycles. The van der Waals surface area contributed by atoms with Gasteiger partial charge in [-0.2, -0.15) is 0 Å². The molecule has 0 radical (unpaired) electrons. The third-order valence-electron chi connectivity index (χ3n) is 9.47. The summed E-state index contributed by atoms with van der Waals surface area (Å²) >= 11 is 0. The minimum atomic E-state index is -0.740. The number of aryl methyl sites for hydroxylation is 2. The summed E-state index contributed by atoms with van der Waals surface area (Å²) in [5, 5.41) is 14.0. The normalized spacial score (nSPS) is 27.5. The Morgan fingerprint density at radius 3 is 2.39 bits per heavy atom. The summed E-state index contributed by atoms with van der Waals surface area (Å²) in [4.78, 5) is 42.7. The lowest BCUT2D eigenvalue weighted by atomic mass is 9.50. The summed E-state index contributed by atoms with van der Waals surface area (Å²) in [5.74, 6) is 0.862. The fourth-order valence-corrected chi connectivity index (χ4v) is 7.15. The lowest BCUT2D eigenvalue weighted by molar-refractivity contribution is -0.131. The van der Waals surface area contributed by atoms with Crippen LogP contribution in [0.5, 0.6) is 0 Å². The molecule has 8 heteroatoms. The van der Waals surface area contributed by atoms with Crippen LogP contribution in [0, 0.1) is 18.8 Å². The zero-order chi connectivity index (χ0) is 29.7. The highest BCUT2D eigenvalue weighted by Gasteiger charge is 2.58. The molecule has 4 atom stereocenters. The van der Waals surface area contributed by atoms with Crippen LogP contribution in [0.25, 0.3) is 0 Å². The van der Waals surface area contributed by atoms with Gasteiger partial charge in [-0.3, -0.25) is 9.59 Å². The fourth-order valence-electron chi connectivity index (χ4n) is 7.15. The van der Waals surface area contributed by atoms with Crippen molar-refractivity contribution >= 4 is 17.9 Å². The van der Waals surface area contributed by atoms with Crippen molar-refractivity contribution in [2.24, 2.45) is 11.8 Å². The molecule has 8 nitrogen and oxygen atoms in total. The number of fused-ring (bicyclic) bond motifs is 1. The number of benzene rings is 1. The average molecular weight is 566 g/mol. The number of carbonyl (C=O) groups excluding carboxylic acids is 3. The molecule has 1 aliphatic heterocycles. The number of nitrogens with zero attached hydrogens (tertiary/aromatic N) is 2. The Morgan fingerprint density at radius 2 is 1.73 bits per heavy atom. The Balaban J connectivity index is 1.18. The van der Waals surface area contributed by atoms with Crippen LogP contribution in [-0.4, -0.2) is 76.2 Å². The second-order valence-electron chi connectivity index (χ2n) is 14.3. The number of carbonyl (C=O) groups is 3. The maximum atomic E-state index is 13.6. The third-order valence-corrected chi connectivity index (χ3v) is 9.47. The van der Waals surface area contributed by atoms with Gasteiger partial charge < -0.3 is 25.0 Å². The largest absolute Gasteiger partial charge is 0.444 e. The van der Waals surface area contributed by atoms with E-state index in [1.54, 1.807) is 4.90 Å². The van der Waals surface area contributed by atoms with E-state index in [1.807, 2.05) is 46.4 Å². The Kier molecular flexibility index (Phi) is 7.77. The van der Waals surface area contributed by atoms with Crippen LogP contribution in [-0.2, 0) is 26.2 Å². The first kappa shape index (κ1) is 29.6. The Morgan fingerprint density at radius 1 is 1.02 bits per heavy atom. The number of hydrogen-bond donors (Lipinski definition) is 2. The topological polar surface area (TPSA) is 99.2 Å². The second kappa shape index (κ2) is 10.8. The van der Waals surface area contributed by atoms with Crippen molar-refractivity contribution in [3.63, 3.8) is 0 Å². The molecule has 4 fully saturated rings. The van der Waals surface area contributed by atoms with E-state index in [0.717, 1.165) is 47.9 Å². The molecule has 1 saturated heterocycles. The first-order valence-corrected chi connectivity index (χ1v) is 15.3. The summed E-state index contributed by atoms with van der Waals surface area (Å²) in [5.41, 5.74) is 2.28. The van der Waals surface area contributed by atoms with Gasteiger partial charge in [-0.05, 0) is 102 Å². The van der Waals surface area contributed by atoms with Crippen LogP contribution in [0.2, 0.25) is 0 Å². The predicted octanol–water partition coefficient (Wildman–Crippen LogP) is 4.26. The van der Waals surface area contributed by atoms with Gasteiger partial charge >= 0.3 is 6.09 Å². The van der Waals surface area contributed by atoms with Gasteiger partial charge in [-0.15, -0.1) is 0 Å². The lowest BCUT2D eigenvalue weighted by Crippen LogP contribution is -2.62. The summed E-state index contributed by atoms with van der Waals surface area (Å²) in [6, 6.07) is 6.20. The van der Waals surface area contributed by atoms with E-state index >= 15 is 0 Å². The first-order valence-electron chi connectivity index (χ1n) is 15.3. The predicted molar refractivity (Wildman–Crippen MR) is 157 cm³/mol. The zero-order valence-corrected chi connectivity index (χ0v) is 25.6. The van der Waals surface area contributed by atoms with Gasteiger partial charge in [-0.1, -0.05) is 29.8 Å². The van der Waals surface area contributed by atoms with Gasteiger partial charge in [0.2, 0.25) is 11.8 Å². The molecule has 1 unspecified atom stereocenters. The van der Waals surface area contributed by atoms with Gasteiger partial charge in [0, 0.05) is 32.6 Å². The molecule has 1 aromatic carbocycles.